The highest BCUT2D eigenvalue weighted by molar-refractivity contribution is 7.18. The minimum absolute atomic E-state index is 0.246. The van der Waals surface area contributed by atoms with Crippen molar-refractivity contribution in [1.29, 1.82) is 0 Å². The van der Waals surface area contributed by atoms with Gasteiger partial charge in [-0.1, -0.05) is 0 Å². The first kappa shape index (κ1) is 17.3. The molecule has 4 aromatic rings. The number of anilines is 1. The van der Waals surface area contributed by atoms with E-state index in [1.54, 1.807) is 6.07 Å². The van der Waals surface area contributed by atoms with E-state index in [0.29, 0.717) is 21.1 Å². The van der Waals surface area contributed by atoms with Crippen LogP contribution in [0.2, 0.25) is 0 Å². The van der Waals surface area contributed by atoms with Gasteiger partial charge in [-0.25, -0.2) is 0 Å². The molecule has 0 aliphatic heterocycles. The number of nitrogens with one attached hydrogen (secondary N) is 3. The summed E-state index contributed by atoms with van der Waals surface area (Å²) >= 11 is 1.22. The highest BCUT2D eigenvalue weighted by atomic mass is 32.1. The fourth-order valence-electron chi connectivity index (χ4n) is 2.92. The van der Waals surface area contributed by atoms with E-state index in [9.17, 15) is 22.8 Å². The van der Waals surface area contributed by atoms with Gasteiger partial charge in [-0.3, -0.25) is 9.59 Å². The number of hydrogen-bond acceptors (Lipinski definition) is 3. The van der Waals surface area contributed by atoms with Crippen LogP contribution in [0.15, 0.2) is 41.5 Å². The van der Waals surface area contributed by atoms with E-state index in [1.807, 2.05) is 6.92 Å². The van der Waals surface area contributed by atoms with Crippen molar-refractivity contribution in [2.24, 2.45) is 0 Å². The number of fused-ring (bicyclic) bond motifs is 2. The normalized spacial score (nSPS) is 12.0. The molecule has 0 saturated carbocycles. The van der Waals surface area contributed by atoms with E-state index >= 15 is 0 Å². The van der Waals surface area contributed by atoms with Crippen LogP contribution in [-0.2, 0) is 6.18 Å². The number of hydrogen-bond donors (Lipinski definition) is 3. The molecule has 0 aliphatic rings. The van der Waals surface area contributed by atoms with Crippen LogP contribution < -0.4 is 10.7 Å². The van der Waals surface area contributed by atoms with Crippen molar-refractivity contribution in [3.05, 3.63) is 62.9 Å². The second-order valence-corrected chi connectivity index (χ2v) is 7.30. The Balaban J connectivity index is 1.79. The standard InChI is InChI=1S/C18H12F3N3O2S/c1-8-4-14-16(27-8)15(25)10(7-23-14)17(26)24-13-6-12-9(2-3-22-12)5-11(13)18(19,20)21/h2-7,22H,1H3,(H,23,25)(H,24,26). The van der Waals surface area contributed by atoms with Crippen LogP contribution in [0.4, 0.5) is 18.9 Å². The highest BCUT2D eigenvalue weighted by Gasteiger charge is 2.34. The minimum atomic E-state index is -4.66. The molecule has 0 spiro atoms. The first-order valence-corrected chi connectivity index (χ1v) is 8.67. The van der Waals surface area contributed by atoms with Crippen molar-refractivity contribution in [2.75, 3.05) is 5.32 Å². The number of carbonyl (C=O) groups is 1. The maximum Gasteiger partial charge on any atom is 0.418 e. The number of aromatic amines is 2. The number of halogens is 3. The average Bonchev–Trinajstić information content (AvgIpc) is 3.18. The summed E-state index contributed by atoms with van der Waals surface area (Å²) in [6.45, 7) is 1.82. The summed E-state index contributed by atoms with van der Waals surface area (Å²) in [5.41, 5.74) is -1.13. The number of aromatic nitrogens is 2. The molecule has 3 aromatic heterocycles. The third kappa shape index (κ3) is 2.99. The first-order valence-electron chi connectivity index (χ1n) is 7.85. The molecule has 0 radical (unpaired) electrons. The lowest BCUT2D eigenvalue weighted by Gasteiger charge is -2.14. The van der Waals surface area contributed by atoms with Crippen molar-refractivity contribution in [1.82, 2.24) is 9.97 Å². The highest BCUT2D eigenvalue weighted by Crippen LogP contribution is 2.37. The number of benzene rings is 1. The van der Waals surface area contributed by atoms with Gasteiger partial charge in [-0.2, -0.15) is 13.2 Å². The van der Waals surface area contributed by atoms with Crippen LogP contribution in [0.3, 0.4) is 0 Å². The molecule has 0 bridgehead atoms. The zero-order valence-electron chi connectivity index (χ0n) is 13.8. The predicted molar refractivity (Wildman–Crippen MR) is 98.4 cm³/mol. The second kappa shape index (κ2) is 5.98. The number of rotatable bonds is 2. The Hall–Kier alpha value is -3.07. The number of alkyl halides is 3. The van der Waals surface area contributed by atoms with Gasteiger partial charge in [0.1, 0.15) is 5.56 Å². The van der Waals surface area contributed by atoms with Crippen LogP contribution in [0, 0.1) is 6.92 Å². The lowest BCUT2D eigenvalue weighted by molar-refractivity contribution is -0.136. The van der Waals surface area contributed by atoms with Gasteiger partial charge in [0.05, 0.1) is 21.5 Å². The molecule has 0 fully saturated rings. The summed E-state index contributed by atoms with van der Waals surface area (Å²) < 4.78 is 40.6. The molecule has 138 valence electrons. The van der Waals surface area contributed by atoms with Crippen molar-refractivity contribution in [3.63, 3.8) is 0 Å². The van der Waals surface area contributed by atoms with Crippen LogP contribution >= 0.6 is 11.3 Å². The van der Waals surface area contributed by atoms with Gasteiger partial charge in [0, 0.05) is 28.2 Å². The Morgan fingerprint density at radius 2 is 1.93 bits per heavy atom. The molecular formula is C18H12F3N3O2S. The van der Waals surface area contributed by atoms with E-state index in [0.717, 1.165) is 10.9 Å². The molecule has 0 aliphatic carbocycles. The summed E-state index contributed by atoms with van der Waals surface area (Å²) in [6, 6.07) is 5.44. The molecule has 3 N–H and O–H groups in total. The summed E-state index contributed by atoms with van der Waals surface area (Å²) in [7, 11) is 0. The van der Waals surface area contributed by atoms with Gasteiger partial charge in [-0.05, 0) is 31.2 Å². The molecule has 0 atom stereocenters. The van der Waals surface area contributed by atoms with Gasteiger partial charge >= 0.3 is 6.18 Å². The zero-order chi connectivity index (χ0) is 19.3. The third-order valence-electron chi connectivity index (χ3n) is 4.17. The Labute approximate surface area is 153 Å². The summed E-state index contributed by atoms with van der Waals surface area (Å²) in [6.07, 6.45) is -1.93. The maximum absolute atomic E-state index is 13.4. The lowest BCUT2D eigenvalue weighted by Crippen LogP contribution is -2.23. The Morgan fingerprint density at radius 3 is 2.67 bits per heavy atom. The van der Waals surface area contributed by atoms with Gasteiger partial charge in [0.25, 0.3) is 5.91 Å². The monoisotopic (exact) mass is 391 g/mol. The lowest BCUT2D eigenvalue weighted by atomic mass is 10.1. The number of pyridine rings is 1. The van der Waals surface area contributed by atoms with Gasteiger partial charge < -0.3 is 15.3 Å². The van der Waals surface area contributed by atoms with Gasteiger partial charge in [0.15, 0.2) is 0 Å². The van der Waals surface area contributed by atoms with Crippen molar-refractivity contribution in [2.45, 2.75) is 13.1 Å². The van der Waals surface area contributed by atoms with E-state index in [1.165, 1.54) is 35.9 Å². The summed E-state index contributed by atoms with van der Waals surface area (Å²) in [5.74, 6) is -0.902. The van der Waals surface area contributed by atoms with Crippen molar-refractivity contribution < 1.29 is 18.0 Å². The Bertz CT molecular complexity index is 1250. The Kier molecular flexibility index (Phi) is 3.84. The largest absolute Gasteiger partial charge is 0.418 e. The average molecular weight is 391 g/mol. The van der Waals surface area contributed by atoms with Gasteiger partial charge in [-0.15, -0.1) is 11.3 Å². The number of H-pyrrole nitrogens is 2. The van der Waals surface area contributed by atoms with E-state index in [2.05, 4.69) is 15.3 Å². The number of amides is 1. The minimum Gasteiger partial charge on any atom is -0.361 e. The maximum atomic E-state index is 13.4. The summed E-state index contributed by atoms with van der Waals surface area (Å²) in [4.78, 5) is 31.6. The molecule has 1 amide bonds. The molecule has 3 heterocycles. The van der Waals surface area contributed by atoms with Crippen molar-refractivity contribution >= 4 is 44.1 Å². The molecule has 5 nitrogen and oxygen atoms in total. The fraction of sp³-hybridized carbons (Fsp3) is 0.111. The topological polar surface area (TPSA) is 77.8 Å². The van der Waals surface area contributed by atoms with Gasteiger partial charge in [0.2, 0.25) is 5.43 Å². The fourth-order valence-corrected chi connectivity index (χ4v) is 3.85. The molecule has 1 aromatic carbocycles. The molecule has 0 saturated heterocycles. The van der Waals surface area contributed by atoms with E-state index in [4.69, 9.17) is 0 Å². The molecule has 9 heteroatoms. The number of thiophene rings is 1. The molecule has 0 unspecified atom stereocenters. The SMILES string of the molecule is Cc1cc2[nH]cc(C(=O)Nc3cc4[nH]ccc4cc3C(F)(F)F)c(=O)c2s1. The van der Waals surface area contributed by atoms with Crippen molar-refractivity contribution in [3.8, 4) is 0 Å². The molecule has 4 rings (SSSR count). The number of aryl methyl sites for hydroxylation is 1. The molecular weight excluding hydrogens is 379 g/mol. The first-order chi connectivity index (χ1) is 12.7. The number of carbonyl (C=O) groups excluding carboxylic acids is 1. The smallest absolute Gasteiger partial charge is 0.361 e. The van der Waals surface area contributed by atoms with Crippen LogP contribution in [-0.4, -0.2) is 15.9 Å². The quantitative estimate of drug-likeness (QED) is 0.465. The third-order valence-corrected chi connectivity index (χ3v) is 5.22. The summed E-state index contributed by atoms with van der Waals surface area (Å²) in [5, 5.41) is 2.60. The zero-order valence-corrected chi connectivity index (χ0v) is 14.6. The van der Waals surface area contributed by atoms with Crippen LogP contribution in [0.5, 0.6) is 0 Å². The Morgan fingerprint density at radius 1 is 1.15 bits per heavy atom. The van der Waals surface area contributed by atoms with E-state index < -0.39 is 28.8 Å². The predicted octanol–water partition coefficient (Wildman–Crippen LogP) is 4.65. The second-order valence-electron chi connectivity index (χ2n) is 6.05. The van der Waals surface area contributed by atoms with Crippen LogP contribution in [0.1, 0.15) is 20.8 Å². The molecule has 27 heavy (non-hydrogen) atoms. The van der Waals surface area contributed by atoms with E-state index in [-0.39, 0.29) is 5.56 Å². The van der Waals surface area contributed by atoms with Crippen LogP contribution in [0.25, 0.3) is 21.1 Å².